The van der Waals surface area contributed by atoms with Gasteiger partial charge < -0.3 is 5.32 Å². The van der Waals surface area contributed by atoms with Crippen LogP contribution in [-0.4, -0.2) is 6.54 Å². The molecule has 0 aliphatic heterocycles. The van der Waals surface area contributed by atoms with Crippen LogP contribution >= 0.6 is 22.9 Å². The molecule has 1 heterocycles. The summed E-state index contributed by atoms with van der Waals surface area (Å²) in [7, 11) is 0. The standard InChI is InChI=1S/C16H20ClNS/c1-3-8-18-16(11-14-5-4-9-19-14)15-10-13(17)7-6-12(15)2/h4-7,9-10,16,18H,3,8,11H2,1-2H3. The highest BCUT2D eigenvalue weighted by Gasteiger charge is 2.14. The van der Waals surface area contributed by atoms with E-state index in [9.17, 15) is 0 Å². The van der Waals surface area contributed by atoms with Crippen LogP contribution in [0.5, 0.6) is 0 Å². The summed E-state index contributed by atoms with van der Waals surface area (Å²) in [5, 5.41) is 6.59. The van der Waals surface area contributed by atoms with E-state index < -0.39 is 0 Å². The quantitative estimate of drug-likeness (QED) is 0.791. The Hall–Kier alpha value is -0.830. The molecule has 2 aromatic rings. The van der Waals surface area contributed by atoms with Crippen LogP contribution in [0, 0.1) is 6.92 Å². The van der Waals surface area contributed by atoms with Gasteiger partial charge in [-0.1, -0.05) is 30.7 Å². The third kappa shape index (κ3) is 4.07. The average molecular weight is 294 g/mol. The summed E-state index contributed by atoms with van der Waals surface area (Å²) in [5.74, 6) is 0. The normalized spacial score (nSPS) is 12.6. The van der Waals surface area contributed by atoms with E-state index in [1.165, 1.54) is 16.0 Å². The van der Waals surface area contributed by atoms with Crippen LogP contribution in [0.3, 0.4) is 0 Å². The first kappa shape index (κ1) is 14.6. The van der Waals surface area contributed by atoms with Crippen LogP contribution in [0.15, 0.2) is 35.7 Å². The van der Waals surface area contributed by atoms with Crippen LogP contribution < -0.4 is 5.32 Å². The van der Waals surface area contributed by atoms with Crippen molar-refractivity contribution < 1.29 is 0 Å². The lowest BCUT2D eigenvalue weighted by Gasteiger charge is -2.20. The van der Waals surface area contributed by atoms with Crippen molar-refractivity contribution in [2.45, 2.75) is 32.7 Å². The second kappa shape index (κ2) is 7.09. The third-order valence-corrected chi connectivity index (χ3v) is 4.38. The summed E-state index contributed by atoms with van der Waals surface area (Å²) < 4.78 is 0. The number of hydrogen-bond acceptors (Lipinski definition) is 2. The fourth-order valence-corrected chi connectivity index (χ4v) is 3.16. The van der Waals surface area contributed by atoms with Gasteiger partial charge in [0.15, 0.2) is 0 Å². The van der Waals surface area contributed by atoms with E-state index in [0.717, 1.165) is 24.4 Å². The Balaban J connectivity index is 2.23. The highest BCUT2D eigenvalue weighted by molar-refractivity contribution is 7.09. The number of aryl methyl sites for hydroxylation is 1. The Bertz CT molecular complexity index is 507. The summed E-state index contributed by atoms with van der Waals surface area (Å²) in [6.45, 7) is 5.38. The van der Waals surface area contributed by atoms with Gasteiger partial charge in [0.25, 0.3) is 0 Å². The minimum atomic E-state index is 0.345. The lowest BCUT2D eigenvalue weighted by Crippen LogP contribution is -2.24. The number of rotatable bonds is 6. The molecular weight excluding hydrogens is 274 g/mol. The van der Waals surface area contributed by atoms with Crippen molar-refractivity contribution in [2.24, 2.45) is 0 Å². The molecule has 1 aromatic carbocycles. The molecule has 0 bridgehead atoms. The summed E-state index contributed by atoms with van der Waals surface area (Å²) in [6, 6.07) is 10.8. The Morgan fingerprint density at radius 3 is 2.84 bits per heavy atom. The number of hydrogen-bond donors (Lipinski definition) is 1. The lowest BCUT2D eigenvalue weighted by molar-refractivity contribution is 0.530. The molecular formula is C16H20ClNS. The molecule has 0 aliphatic rings. The van der Waals surface area contributed by atoms with Gasteiger partial charge in [-0.15, -0.1) is 11.3 Å². The predicted molar refractivity (Wildman–Crippen MR) is 85.2 cm³/mol. The minimum Gasteiger partial charge on any atom is -0.310 e. The van der Waals surface area contributed by atoms with Crippen molar-refractivity contribution >= 4 is 22.9 Å². The minimum absolute atomic E-state index is 0.345. The van der Waals surface area contributed by atoms with Crippen molar-refractivity contribution in [2.75, 3.05) is 6.54 Å². The van der Waals surface area contributed by atoms with Crippen molar-refractivity contribution in [3.05, 3.63) is 56.7 Å². The second-order valence-corrected chi connectivity index (χ2v) is 6.26. The van der Waals surface area contributed by atoms with E-state index in [-0.39, 0.29) is 0 Å². The molecule has 0 fully saturated rings. The molecule has 0 saturated heterocycles. The molecule has 0 amide bonds. The number of nitrogens with one attached hydrogen (secondary N) is 1. The number of benzene rings is 1. The van der Waals surface area contributed by atoms with E-state index in [4.69, 9.17) is 11.6 Å². The topological polar surface area (TPSA) is 12.0 Å². The van der Waals surface area contributed by atoms with E-state index in [1.54, 1.807) is 0 Å². The molecule has 0 radical (unpaired) electrons. The highest BCUT2D eigenvalue weighted by Crippen LogP contribution is 2.26. The number of thiophene rings is 1. The number of halogens is 1. The van der Waals surface area contributed by atoms with Crippen LogP contribution in [0.25, 0.3) is 0 Å². The molecule has 102 valence electrons. The maximum Gasteiger partial charge on any atom is 0.0409 e. The highest BCUT2D eigenvalue weighted by atomic mass is 35.5. The van der Waals surface area contributed by atoms with Gasteiger partial charge in [-0.25, -0.2) is 0 Å². The maximum atomic E-state index is 6.15. The van der Waals surface area contributed by atoms with E-state index in [2.05, 4.69) is 48.8 Å². The van der Waals surface area contributed by atoms with E-state index in [1.807, 2.05) is 17.4 Å². The molecule has 3 heteroatoms. The van der Waals surface area contributed by atoms with Gasteiger partial charge in [-0.3, -0.25) is 0 Å². The summed E-state index contributed by atoms with van der Waals surface area (Å²) in [5.41, 5.74) is 2.61. The van der Waals surface area contributed by atoms with Gasteiger partial charge >= 0.3 is 0 Å². The fourth-order valence-electron chi connectivity index (χ4n) is 2.23. The van der Waals surface area contributed by atoms with Gasteiger partial charge in [0.1, 0.15) is 0 Å². The summed E-state index contributed by atoms with van der Waals surface area (Å²) in [4.78, 5) is 1.41. The van der Waals surface area contributed by atoms with E-state index in [0.29, 0.717) is 6.04 Å². The Kier molecular flexibility index (Phi) is 5.44. The van der Waals surface area contributed by atoms with Crippen LogP contribution in [0.1, 0.15) is 35.4 Å². The molecule has 2 rings (SSSR count). The monoisotopic (exact) mass is 293 g/mol. The van der Waals surface area contributed by atoms with E-state index >= 15 is 0 Å². The first-order chi connectivity index (χ1) is 9.20. The molecule has 1 N–H and O–H groups in total. The van der Waals surface area contributed by atoms with Crippen molar-refractivity contribution in [1.82, 2.24) is 5.32 Å². The van der Waals surface area contributed by atoms with Crippen molar-refractivity contribution in [3.63, 3.8) is 0 Å². The van der Waals surface area contributed by atoms with Gasteiger partial charge in [0.05, 0.1) is 0 Å². The Morgan fingerprint density at radius 1 is 1.32 bits per heavy atom. The average Bonchev–Trinajstić information content (AvgIpc) is 2.90. The zero-order chi connectivity index (χ0) is 13.7. The zero-order valence-electron chi connectivity index (χ0n) is 11.4. The van der Waals surface area contributed by atoms with Crippen LogP contribution in [0.2, 0.25) is 5.02 Å². The molecule has 0 spiro atoms. The zero-order valence-corrected chi connectivity index (χ0v) is 13.0. The molecule has 19 heavy (non-hydrogen) atoms. The molecule has 1 unspecified atom stereocenters. The lowest BCUT2D eigenvalue weighted by atomic mass is 9.98. The fraction of sp³-hybridized carbons (Fsp3) is 0.375. The summed E-state index contributed by atoms with van der Waals surface area (Å²) in [6.07, 6.45) is 2.17. The molecule has 1 nitrogen and oxygen atoms in total. The predicted octanol–water partition coefficient (Wildman–Crippen LogP) is 4.99. The first-order valence-electron chi connectivity index (χ1n) is 6.72. The smallest absolute Gasteiger partial charge is 0.0409 e. The molecule has 1 aromatic heterocycles. The molecule has 0 saturated carbocycles. The first-order valence-corrected chi connectivity index (χ1v) is 7.98. The Labute approximate surface area is 124 Å². The van der Waals surface area contributed by atoms with Crippen LogP contribution in [0.4, 0.5) is 0 Å². The van der Waals surface area contributed by atoms with Gasteiger partial charge in [-0.2, -0.15) is 0 Å². The van der Waals surface area contributed by atoms with Gasteiger partial charge in [-0.05, 0) is 54.6 Å². The van der Waals surface area contributed by atoms with Gasteiger partial charge in [0, 0.05) is 22.4 Å². The maximum absolute atomic E-state index is 6.15. The second-order valence-electron chi connectivity index (χ2n) is 4.79. The van der Waals surface area contributed by atoms with Crippen molar-refractivity contribution in [3.8, 4) is 0 Å². The van der Waals surface area contributed by atoms with Crippen LogP contribution in [-0.2, 0) is 6.42 Å². The Morgan fingerprint density at radius 2 is 2.16 bits per heavy atom. The molecule has 1 atom stereocenters. The molecule has 0 aliphatic carbocycles. The SMILES string of the molecule is CCCNC(Cc1cccs1)c1cc(Cl)ccc1C. The van der Waals surface area contributed by atoms with Crippen molar-refractivity contribution in [1.29, 1.82) is 0 Å². The largest absolute Gasteiger partial charge is 0.310 e. The summed E-state index contributed by atoms with van der Waals surface area (Å²) >= 11 is 7.97. The third-order valence-electron chi connectivity index (χ3n) is 3.24. The van der Waals surface area contributed by atoms with Gasteiger partial charge in [0.2, 0.25) is 0 Å².